The molecule has 0 spiro atoms. The van der Waals surface area contributed by atoms with E-state index in [9.17, 15) is 4.79 Å². The highest BCUT2D eigenvalue weighted by atomic mass is 16.5. The van der Waals surface area contributed by atoms with Crippen LogP contribution in [0.4, 0.5) is 0 Å². The Morgan fingerprint density at radius 2 is 1.91 bits per heavy atom. The lowest BCUT2D eigenvalue weighted by atomic mass is 9.98. The number of ether oxygens (including phenoxy) is 2. The molecule has 5 nitrogen and oxygen atoms in total. The molecular formula is C18H17NO4. The lowest BCUT2D eigenvalue weighted by Gasteiger charge is -2.10. The predicted molar refractivity (Wildman–Crippen MR) is 86.7 cm³/mol. The highest BCUT2D eigenvalue weighted by molar-refractivity contribution is 6.05. The molecular weight excluding hydrogens is 294 g/mol. The summed E-state index contributed by atoms with van der Waals surface area (Å²) in [5.74, 6) is 0.779. The van der Waals surface area contributed by atoms with Crippen molar-refractivity contribution in [1.82, 2.24) is 5.16 Å². The van der Waals surface area contributed by atoms with E-state index >= 15 is 0 Å². The van der Waals surface area contributed by atoms with Crippen molar-refractivity contribution in [3.05, 3.63) is 47.7 Å². The number of rotatable bonds is 4. The zero-order chi connectivity index (χ0) is 16.4. The van der Waals surface area contributed by atoms with Crippen molar-refractivity contribution in [3.63, 3.8) is 0 Å². The van der Waals surface area contributed by atoms with Gasteiger partial charge in [0.1, 0.15) is 22.8 Å². The summed E-state index contributed by atoms with van der Waals surface area (Å²) in [6, 6.07) is 11.5. The summed E-state index contributed by atoms with van der Waals surface area (Å²) in [5, 5.41) is 5.96. The summed E-state index contributed by atoms with van der Waals surface area (Å²) >= 11 is 0. The highest BCUT2D eigenvalue weighted by Crippen LogP contribution is 2.36. The van der Waals surface area contributed by atoms with Crippen LogP contribution in [-0.2, 0) is 4.74 Å². The van der Waals surface area contributed by atoms with Crippen LogP contribution in [-0.4, -0.2) is 24.8 Å². The zero-order valence-corrected chi connectivity index (χ0v) is 13.3. The molecule has 0 saturated carbocycles. The Kier molecular flexibility index (Phi) is 4.02. The molecule has 0 atom stereocenters. The lowest BCUT2D eigenvalue weighted by Crippen LogP contribution is -2.06. The van der Waals surface area contributed by atoms with Gasteiger partial charge < -0.3 is 14.0 Å². The van der Waals surface area contributed by atoms with Gasteiger partial charge in [-0.1, -0.05) is 29.4 Å². The molecule has 0 unspecified atom stereocenters. The van der Waals surface area contributed by atoms with Crippen LogP contribution in [0, 0.1) is 6.92 Å². The standard InChI is InChI=1S/C18H17NO4/c1-4-22-18(20)16-11(2)23-19-17(16)14-9-10-15(21-3)13-8-6-5-7-12(13)14/h5-10H,4H2,1-3H3. The van der Waals surface area contributed by atoms with Crippen LogP contribution in [0.3, 0.4) is 0 Å². The Bertz CT molecular complexity index is 867. The third-order valence-corrected chi connectivity index (χ3v) is 3.70. The molecule has 1 heterocycles. The van der Waals surface area contributed by atoms with Crippen molar-refractivity contribution in [3.8, 4) is 17.0 Å². The maximum atomic E-state index is 12.2. The van der Waals surface area contributed by atoms with E-state index < -0.39 is 5.97 Å². The zero-order valence-electron chi connectivity index (χ0n) is 13.3. The molecule has 3 aromatic rings. The summed E-state index contributed by atoms with van der Waals surface area (Å²) < 4.78 is 15.8. The van der Waals surface area contributed by atoms with Gasteiger partial charge in [-0.15, -0.1) is 0 Å². The first-order chi connectivity index (χ1) is 11.2. The highest BCUT2D eigenvalue weighted by Gasteiger charge is 2.24. The number of carbonyl (C=O) groups is 1. The van der Waals surface area contributed by atoms with Gasteiger partial charge in [0.25, 0.3) is 0 Å². The molecule has 0 bridgehead atoms. The molecule has 0 aliphatic rings. The van der Waals surface area contributed by atoms with Gasteiger partial charge in [-0.25, -0.2) is 4.79 Å². The Morgan fingerprint density at radius 1 is 1.17 bits per heavy atom. The van der Waals surface area contributed by atoms with Crippen LogP contribution < -0.4 is 4.74 Å². The minimum Gasteiger partial charge on any atom is -0.496 e. The van der Waals surface area contributed by atoms with E-state index in [0.717, 1.165) is 22.1 Å². The molecule has 0 N–H and O–H groups in total. The molecule has 0 radical (unpaired) electrons. The molecule has 1 aromatic heterocycles. The molecule has 0 aliphatic heterocycles. The fourth-order valence-corrected chi connectivity index (χ4v) is 2.66. The van der Waals surface area contributed by atoms with Gasteiger partial charge in [-0.3, -0.25) is 0 Å². The van der Waals surface area contributed by atoms with Gasteiger partial charge >= 0.3 is 5.97 Å². The summed E-state index contributed by atoms with van der Waals surface area (Å²) in [6.07, 6.45) is 0. The van der Waals surface area contributed by atoms with Crippen molar-refractivity contribution in [2.45, 2.75) is 13.8 Å². The second kappa shape index (κ2) is 6.12. The monoisotopic (exact) mass is 311 g/mol. The van der Waals surface area contributed by atoms with Crippen LogP contribution in [0.5, 0.6) is 5.75 Å². The van der Waals surface area contributed by atoms with E-state index in [1.807, 2.05) is 36.4 Å². The van der Waals surface area contributed by atoms with E-state index in [0.29, 0.717) is 23.6 Å². The van der Waals surface area contributed by atoms with E-state index in [4.69, 9.17) is 14.0 Å². The van der Waals surface area contributed by atoms with Crippen LogP contribution in [0.25, 0.3) is 22.0 Å². The number of methoxy groups -OCH3 is 1. The number of aromatic nitrogens is 1. The van der Waals surface area contributed by atoms with E-state index in [-0.39, 0.29) is 0 Å². The molecule has 5 heteroatoms. The van der Waals surface area contributed by atoms with Crippen LogP contribution in [0.2, 0.25) is 0 Å². The second-order valence-electron chi connectivity index (χ2n) is 5.04. The van der Waals surface area contributed by atoms with Gasteiger partial charge in [0.05, 0.1) is 13.7 Å². The van der Waals surface area contributed by atoms with Crippen molar-refractivity contribution in [2.24, 2.45) is 0 Å². The maximum Gasteiger partial charge on any atom is 0.344 e. The van der Waals surface area contributed by atoms with Gasteiger partial charge in [-0.05, 0) is 31.4 Å². The first kappa shape index (κ1) is 15.1. The molecule has 118 valence electrons. The fourth-order valence-electron chi connectivity index (χ4n) is 2.66. The minimum atomic E-state index is -0.429. The fraction of sp³-hybridized carbons (Fsp3) is 0.222. The van der Waals surface area contributed by atoms with E-state index in [1.54, 1.807) is 21.0 Å². The van der Waals surface area contributed by atoms with Crippen LogP contribution in [0.15, 0.2) is 40.9 Å². The van der Waals surface area contributed by atoms with Gasteiger partial charge in [0, 0.05) is 10.9 Å². The maximum absolute atomic E-state index is 12.2. The van der Waals surface area contributed by atoms with Crippen molar-refractivity contribution in [1.29, 1.82) is 0 Å². The molecule has 0 fully saturated rings. The SMILES string of the molecule is CCOC(=O)c1c(-c2ccc(OC)c3ccccc23)noc1C. The van der Waals surface area contributed by atoms with Crippen LogP contribution >= 0.6 is 0 Å². The number of carbonyl (C=O) groups excluding carboxylic acids is 1. The quantitative estimate of drug-likeness (QED) is 0.682. The van der Waals surface area contributed by atoms with Crippen molar-refractivity contribution < 1.29 is 18.8 Å². The molecule has 3 rings (SSSR count). The number of hydrogen-bond acceptors (Lipinski definition) is 5. The molecule has 23 heavy (non-hydrogen) atoms. The Morgan fingerprint density at radius 3 is 2.61 bits per heavy atom. The van der Waals surface area contributed by atoms with Crippen molar-refractivity contribution in [2.75, 3.05) is 13.7 Å². The Balaban J connectivity index is 2.25. The average Bonchev–Trinajstić information content (AvgIpc) is 2.95. The third-order valence-electron chi connectivity index (χ3n) is 3.70. The molecule has 2 aromatic carbocycles. The summed E-state index contributed by atoms with van der Waals surface area (Å²) in [7, 11) is 1.63. The Hall–Kier alpha value is -2.82. The minimum absolute atomic E-state index is 0.298. The first-order valence-electron chi connectivity index (χ1n) is 7.36. The van der Waals surface area contributed by atoms with Gasteiger partial charge in [0.15, 0.2) is 0 Å². The molecule has 0 aliphatic carbocycles. The largest absolute Gasteiger partial charge is 0.496 e. The van der Waals surface area contributed by atoms with E-state index in [1.165, 1.54) is 0 Å². The summed E-state index contributed by atoms with van der Waals surface area (Å²) in [5.41, 5.74) is 1.66. The Labute approximate surface area is 133 Å². The lowest BCUT2D eigenvalue weighted by molar-refractivity contribution is 0.0525. The third kappa shape index (κ3) is 2.54. The average molecular weight is 311 g/mol. The smallest absolute Gasteiger partial charge is 0.344 e. The number of benzene rings is 2. The van der Waals surface area contributed by atoms with Crippen LogP contribution in [0.1, 0.15) is 23.0 Å². The predicted octanol–water partition coefficient (Wildman–Crippen LogP) is 3.99. The topological polar surface area (TPSA) is 61.6 Å². The number of hydrogen-bond donors (Lipinski definition) is 0. The summed E-state index contributed by atoms with van der Waals surface area (Å²) in [4.78, 5) is 12.2. The second-order valence-corrected chi connectivity index (χ2v) is 5.04. The molecule has 0 saturated heterocycles. The van der Waals surface area contributed by atoms with Gasteiger partial charge in [0.2, 0.25) is 0 Å². The van der Waals surface area contributed by atoms with Gasteiger partial charge in [-0.2, -0.15) is 0 Å². The van der Waals surface area contributed by atoms with E-state index in [2.05, 4.69) is 5.16 Å². The number of nitrogens with zero attached hydrogens (tertiary/aromatic N) is 1. The first-order valence-corrected chi connectivity index (χ1v) is 7.36. The number of aryl methyl sites for hydroxylation is 1. The number of esters is 1. The molecule has 0 amide bonds. The summed E-state index contributed by atoms with van der Waals surface area (Å²) in [6.45, 7) is 3.77. The van der Waals surface area contributed by atoms with Crippen molar-refractivity contribution >= 4 is 16.7 Å². The normalized spacial score (nSPS) is 10.7. The number of fused-ring (bicyclic) bond motifs is 1.